The van der Waals surface area contributed by atoms with Crippen LogP contribution >= 0.6 is 0 Å². The van der Waals surface area contributed by atoms with Gasteiger partial charge in [-0.05, 0) is 86.5 Å². The Morgan fingerprint density at radius 1 is 1.09 bits per heavy atom. The van der Waals surface area contributed by atoms with Crippen LogP contribution in [0.5, 0.6) is 0 Å². The van der Waals surface area contributed by atoms with E-state index >= 15 is 0 Å². The largest absolute Gasteiger partial charge is 0.457 e. The Labute approximate surface area is 335 Å². The molecule has 17 heteroatoms. The number of methoxy groups -OCH3 is 1. The van der Waals surface area contributed by atoms with Crippen molar-refractivity contribution in [2.24, 2.45) is 17.8 Å². The average molecular weight is 802 g/mol. The van der Waals surface area contributed by atoms with E-state index in [-0.39, 0.29) is 30.9 Å². The summed E-state index contributed by atoms with van der Waals surface area (Å²) in [5.74, 6) is -4.55. The normalized spacial score (nSPS) is 37.4. The van der Waals surface area contributed by atoms with Crippen LogP contribution in [0.15, 0.2) is 24.3 Å². The predicted octanol–water partition coefficient (Wildman–Crippen LogP) is 2.83. The van der Waals surface area contributed by atoms with Crippen molar-refractivity contribution >= 4 is 34.8 Å². The second kappa shape index (κ2) is 18.0. The van der Waals surface area contributed by atoms with E-state index in [0.717, 1.165) is 11.0 Å². The first-order chi connectivity index (χ1) is 26.9. The van der Waals surface area contributed by atoms with Crippen molar-refractivity contribution in [3.63, 3.8) is 0 Å². The summed E-state index contributed by atoms with van der Waals surface area (Å²) in [4.78, 5) is 58.1. The van der Waals surface area contributed by atoms with Crippen molar-refractivity contribution in [3.05, 3.63) is 24.3 Å². The second-order valence-corrected chi connectivity index (χ2v) is 16.7. The molecule has 3 saturated heterocycles. The smallest absolute Gasteiger partial charge is 0.425 e. The highest BCUT2D eigenvalue weighted by Crippen LogP contribution is 2.39. The fourth-order valence-corrected chi connectivity index (χ4v) is 8.88. The van der Waals surface area contributed by atoms with Gasteiger partial charge in [0.25, 0.3) is 0 Å². The SMILES string of the molecule is CC[C@H]1OC(=O)[C@H](C)C(=O)[C@H](C)[C@H](O[C@@H]2O[C@H](C)C[C@H](N(C)C)[C@H]2O)[C@@](C)(OC)C[C@@H](C)C(=O)NC(C)[C@H]2N(NCCCn3nnc4ccccc43)C(=O)O[C@]12C. The summed E-state index contributed by atoms with van der Waals surface area (Å²) in [6.07, 6.45) is -3.75. The highest BCUT2D eigenvalue weighted by atomic mass is 16.7. The van der Waals surface area contributed by atoms with Gasteiger partial charge in [-0.1, -0.05) is 38.1 Å². The maximum atomic E-state index is 14.3. The zero-order valence-electron chi connectivity index (χ0n) is 35.3. The number of benzene rings is 1. The number of carbonyl (C=O) groups excluding carboxylic acids is 4. The van der Waals surface area contributed by atoms with Crippen LogP contribution < -0.4 is 10.7 Å². The summed E-state index contributed by atoms with van der Waals surface area (Å²) >= 11 is 0. The van der Waals surface area contributed by atoms with Crippen molar-refractivity contribution in [1.82, 2.24) is 35.6 Å². The number of cyclic esters (lactones) is 1. The zero-order valence-corrected chi connectivity index (χ0v) is 35.3. The molecule has 0 spiro atoms. The Morgan fingerprint density at radius 3 is 2.46 bits per heavy atom. The van der Waals surface area contributed by atoms with Gasteiger partial charge in [0, 0.05) is 38.1 Å². The first-order valence-electron chi connectivity index (χ1n) is 20.2. The van der Waals surface area contributed by atoms with Crippen molar-refractivity contribution in [1.29, 1.82) is 0 Å². The molecule has 0 radical (unpaired) electrons. The van der Waals surface area contributed by atoms with Crippen LogP contribution in [0.4, 0.5) is 4.79 Å². The van der Waals surface area contributed by atoms with Gasteiger partial charge in [0.15, 0.2) is 17.7 Å². The van der Waals surface area contributed by atoms with Crippen LogP contribution in [0.2, 0.25) is 0 Å². The number of amides is 2. The van der Waals surface area contributed by atoms with E-state index in [1.165, 1.54) is 19.0 Å². The number of nitrogens with one attached hydrogen (secondary N) is 2. The van der Waals surface area contributed by atoms with Gasteiger partial charge in [-0.25, -0.2) is 19.9 Å². The monoisotopic (exact) mass is 801 g/mol. The third-order valence-electron chi connectivity index (χ3n) is 12.2. The molecule has 1 unspecified atom stereocenters. The topological polar surface area (TPSA) is 196 Å². The number of likely N-dealkylation sites (N-methyl/N-ethyl adjacent to an activating group) is 1. The number of fused-ring (bicyclic) bond motifs is 2. The molecule has 318 valence electrons. The van der Waals surface area contributed by atoms with Crippen LogP contribution in [0.1, 0.15) is 81.1 Å². The summed E-state index contributed by atoms with van der Waals surface area (Å²) in [5.41, 5.74) is 2.15. The fraction of sp³-hybridized carbons (Fsp3) is 0.750. The van der Waals surface area contributed by atoms with E-state index in [1.807, 2.05) is 50.2 Å². The quantitative estimate of drug-likeness (QED) is 0.180. The maximum absolute atomic E-state index is 14.3. The predicted molar refractivity (Wildman–Crippen MR) is 208 cm³/mol. The highest BCUT2D eigenvalue weighted by Gasteiger charge is 2.59. The minimum Gasteiger partial charge on any atom is -0.457 e. The van der Waals surface area contributed by atoms with E-state index in [0.29, 0.717) is 25.9 Å². The van der Waals surface area contributed by atoms with Gasteiger partial charge in [0.1, 0.15) is 29.7 Å². The number of ether oxygens (including phenoxy) is 5. The number of esters is 1. The molecule has 3 N–H and O–H groups in total. The lowest BCUT2D eigenvalue weighted by atomic mass is 9.78. The van der Waals surface area contributed by atoms with Crippen molar-refractivity contribution in [2.75, 3.05) is 27.7 Å². The molecule has 3 aliphatic heterocycles. The van der Waals surface area contributed by atoms with Gasteiger partial charge < -0.3 is 39.0 Å². The molecule has 13 atom stereocenters. The lowest BCUT2D eigenvalue weighted by molar-refractivity contribution is -0.295. The molecule has 0 saturated carbocycles. The molecule has 1 aromatic heterocycles. The lowest BCUT2D eigenvalue weighted by Gasteiger charge is -2.46. The van der Waals surface area contributed by atoms with Crippen LogP contribution in [-0.4, -0.2) is 142 Å². The van der Waals surface area contributed by atoms with Crippen LogP contribution in [0.25, 0.3) is 11.0 Å². The third-order valence-corrected chi connectivity index (χ3v) is 12.2. The van der Waals surface area contributed by atoms with E-state index in [1.54, 1.807) is 46.2 Å². The summed E-state index contributed by atoms with van der Waals surface area (Å²) in [6.45, 7) is 14.6. The molecule has 4 heterocycles. The maximum Gasteiger partial charge on any atom is 0.425 e. The van der Waals surface area contributed by atoms with Crippen molar-refractivity contribution < 1.29 is 48.0 Å². The van der Waals surface area contributed by atoms with Gasteiger partial charge in [-0.3, -0.25) is 14.4 Å². The number of hydrogen-bond donors (Lipinski definition) is 3. The molecule has 57 heavy (non-hydrogen) atoms. The van der Waals surface area contributed by atoms with Gasteiger partial charge in [-0.15, -0.1) is 5.10 Å². The number of nitrogens with zero attached hydrogens (tertiary/aromatic N) is 5. The molecule has 5 rings (SSSR count). The number of ketones is 1. The number of para-hydroxylation sites is 1. The molecule has 3 fully saturated rings. The molecule has 0 aliphatic carbocycles. The van der Waals surface area contributed by atoms with Gasteiger partial charge >= 0.3 is 12.1 Å². The number of hydrogen-bond acceptors (Lipinski definition) is 14. The number of hydrazine groups is 1. The number of carbonyl (C=O) groups is 4. The lowest BCUT2D eigenvalue weighted by Crippen LogP contribution is -2.63. The summed E-state index contributed by atoms with van der Waals surface area (Å²) in [5, 5.41) is 24.3. The Hall–Kier alpha value is -3.74. The standard InChI is InChI=1S/C40H63N7O10/c1-12-30-40(8)33(47(38(52)57-40)41-18-15-19-46-28-17-14-13-16-27(28)43-44-46)26(6)42-35(50)22(2)21-39(7,53-11)34(24(4)31(48)25(5)36(51)55-30)56-37-32(49)29(45(9)10)20-23(3)54-37/h13-14,16-17,22-26,29-30,32-34,37,41,49H,12,15,18-21H2,1-11H3,(H,42,50)/t22-,23-,24+,25-,26?,29+,30-,32-,33-,34+,37+,39+,40-/m1/s1. The van der Waals surface area contributed by atoms with E-state index in [9.17, 15) is 24.3 Å². The third kappa shape index (κ3) is 9.13. The number of Topliss-reactive ketones (excluding diaryl/α,β-unsaturated/α-hetero) is 1. The summed E-state index contributed by atoms with van der Waals surface area (Å²) in [6, 6.07) is 5.80. The Kier molecular flexibility index (Phi) is 14.0. The van der Waals surface area contributed by atoms with Crippen molar-refractivity contribution in [3.8, 4) is 0 Å². The Bertz CT molecular complexity index is 1740. The number of rotatable bonds is 10. The Morgan fingerprint density at radius 2 is 1.79 bits per heavy atom. The minimum absolute atomic E-state index is 0.0898. The molecule has 1 aromatic carbocycles. The average Bonchev–Trinajstić information content (AvgIpc) is 3.70. The Balaban J connectivity index is 1.44. The highest BCUT2D eigenvalue weighted by molar-refractivity contribution is 6.00. The number of aliphatic hydroxyl groups is 1. The van der Waals surface area contributed by atoms with Crippen LogP contribution in [0.3, 0.4) is 0 Å². The number of aryl methyl sites for hydroxylation is 1. The minimum atomic E-state index is -1.44. The van der Waals surface area contributed by atoms with Crippen LogP contribution in [-0.2, 0) is 44.6 Å². The molecule has 17 nitrogen and oxygen atoms in total. The fourth-order valence-electron chi connectivity index (χ4n) is 8.88. The van der Waals surface area contributed by atoms with E-state index < -0.39 is 83.5 Å². The molecule has 2 amide bonds. The number of aromatic nitrogens is 3. The molecular weight excluding hydrogens is 738 g/mol. The molecular formula is C40H63N7O10. The second-order valence-electron chi connectivity index (χ2n) is 16.7. The zero-order chi connectivity index (χ0) is 42.0. The summed E-state index contributed by atoms with van der Waals surface area (Å²) < 4.78 is 32.8. The van der Waals surface area contributed by atoms with E-state index in [2.05, 4.69) is 21.1 Å². The van der Waals surface area contributed by atoms with Gasteiger partial charge in [-0.2, -0.15) is 0 Å². The first-order valence-corrected chi connectivity index (χ1v) is 20.2. The van der Waals surface area contributed by atoms with Gasteiger partial charge in [0.05, 0.1) is 29.4 Å². The first kappa shape index (κ1) is 44.4. The summed E-state index contributed by atoms with van der Waals surface area (Å²) in [7, 11) is 5.21. The van der Waals surface area contributed by atoms with Gasteiger partial charge in [0.2, 0.25) is 5.91 Å². The molecule has 3 aliphatic rings. The van der Waals surface area contributed by atoms with Crippen molar-refractivity contribution in [2.45, 2.75) is 148 Å². The molecule has 2 aromatic rings. The van der Waals surface area contributed by atoms with E-state index in [4.69, 9.17) is 23.7 Å². The van der Waals surface area contributed by atoms with Crippen LogP contribution in [0, 0.1) is 17.8 Å². The number of aliphatic hydroxyl groups excluding tert-OH is 1. The molecule has 0 bridgehead atoms.